The lowest BCUT2D eigenvalue weighted by molar-refractivity contribution is -0.161. The van der Waals surface area contributed by atoms with Crippen molar-refractivity contribution in [3.05, 3.63) is 72.9 Å². The summed E-state index contributed by atoms with van der Waals surface area (Å²) in [5.74, 6) is -2.19. The quantitative estimate of drug-likeness (QED) is 0.0169. The van der Waals surface area contributed by atoms with Crippen molar-refractivity contribution in [2.75, 3.05) is 39.6 Å². The lowest BCUT2D eigenvalue weighted by Gasteiger charge is -2.21. The second kappa shape index (κ2) is 73.8. The maximum atomic E-state index is 13.1. The molecule has 0 bridgehead atoms. The molecule has 0 aliphatic rings. The SMILES string of the molecule is CCCCC/C=C\C/C=C\C/C=C\CCCCCCCCC(=O)OCC(COP(=O)(O)OCC(O)COP(=O)(O)OCC(COC(=O)CCCCCCC/C=C\CCCCCCCC)OC(=O)CCCCCCCCCCCCC)OC(=O)CCCCCCC/C=C\C/C=C\CCCCC. The zero-order valence-electron chi connectivity index (χ0n) is 63.6. The first-order valence-corrected chi connectivity index (χ1v) is 43.2. The molecular weight excluding hydrogens is 1310 g/mol. The number of carbonyl (C=O) groups is 4. The van der Waals surface area contributed by atoms with Gasteiger partial charge in [-0.05, 0) is 122 Å². The predicted molar refractivity (Wildman–Crippen MR) is 409 cm³/mol. The van der Waals surface area contributed by atoms with Crippen molar-refractivity contribution < 1.29 is 80.2 Å². The Labute approximate surface area is 609 Å². The summed E-state index contributed by atoms with van der Waals surface area (Å²) >= 11 is 0. The van der Waals surface area contributed by atoms with Crippen molar-refractivity contribution in [1.82, 2.24) is 0 Å². The van der Waals surface area contributed by atoms with E-state index in [1.165, 1.54) is 116 Å². The molecular formula is C81H146O17P2. The summed E-state index contributed by atoms with van der Waals surface area (Å²) < 4.78 is 68.6. The van der Waals surface area contributed by atoms with Gasteiger partial charge in [-0.2, -0.15) is 0 Å². The number of aliphatic hydroxyl groups is 1. The van der Waals surface area contributed by atoms with E-state index in [-0.39, 0.29) is 25.7 Å². The lowest BCUT2D eigenvalue weighted by Crippen LogP contribution is -2.30. The molecule has 0 heterocycles. The van der Waals surface area contributed by atoms with Crippen LogP contribution in [0.2, 0.25) is 0 Å². The van der Waals surface area contributed by atoms with Crippen LogP contribution < -0.4 is 0 Å². The third kappa shape index (κ3) is 72.8. The highest BCUT2D eigenvalue weighted by atomic mass is 31.2. The molecule has 3 N–H and O–H groups in total. The van der Waals surface area contributed by atoms with Crippen molar-refractivity contribution >= 4 is 39.5 Å². The number of allylic oxidation sites excluding steroid dienone is 12. The highest BCUT2D eigenvalue weighted by Crippen LogP contribution is 2.45. The Morgan fingerprint density at radius 1 is 0.280 bits per heavy atom. The average Bonchev–Trinajstić information content (AvgIpc) is 0.985. The van der Waals surface area contributed by atoms with Gasteiger partial charge in [0.1, 0.15) is 19.3 Å². The summed E-state index contributed by atoms with van der Waals surface area (Å²) in [6.07, 6.45) is 74.5. The minimum atomic E-state index is -4.98. The van der Waals surface area contributed by atoms with Crippen molar-refractivity contribution in [2.24, 2.45) is 0 Å². The third-order valence-corrected chi connectivity index (χ3v) is 19.0. The zero-order chi connectivity index (χ0) is 73.2. The van der Waals surface area contributed by atoms with E-state index in [4.69, 9.17) is 37.0 Å². The Balaban J connectivity index is 5.32. The van der Waals surface area contributed by atoms with Gasteiger partial charge in [0.2, 0.25) is 0 Å². The van der Waals surface area contributed by atoms with Gasteiger partial charge in [-0.25, -0.2) is 9.13 Å². The molecule has 582 valence electrons. The van der Waals surface area contributed by atoms with E-state index in [0.717, 1.165) is 167 Å². The number of unbranched alkanes of at least 4 members (excludes halogenated alkanes) is 38. The Morgan fingerprint density at radius 3 is 0.780 bits per heavy atom. The summed E-state index contributed by atoms with van der Waals surface area (Å²) in [5.41, 5.74) is 0. The molecule has 0 aromatic heterocycles. The number of ether oxygens (including phenoxy) is 4. The number of aliphatic hydroxyl groups excluding tert-OH is 1. The van der Waals surface area contributed by atoms with Crippen molar-refractivity contribution in [1.29, 1.82) is 0 Å². The first-order chi connectivity index (χ1) is 48.7. The van der Waals surface area contributed by atoms with E-state index >= 15 is 0 Å². The third-order valence-electron chi connectivity index (χ3n) is 17.1. The Hall–Kier alpha value is -3.50. The molecule has 0 spiro atoms. The first kappa shape index (κ1) is 96.5. The molecule has 0 radical (unpaired) electrons. The molecule has 0 rings (SSSR count). The van der Waals surface area contributed by atoms with E-state index in [1.54, 1.807) is 0 Å². The predicted octanol–water partition coefficient (Wildman–Crippen LogP) is 23.2. The van der Waals surface area contributed by atoms with Gasteiger partial charge in [0.15, 0.2) is 12.2 Å². The van der Waals surface area contributed by atoms with Crippen molar-refractivity contribution in [3.63, 3.8) is 0 Å². The van der Waals surface area contributed by atoms with Crippen LogP contribution in [0.3, 0.4) is 0 Å². The van der Waals surface area contributed by atoms with Gasteiger partial charge in [0, 0.05) is 25.7 Å². The fraction of sp³-hybridized carbons (Fsp3) is 0.802. The van der Waals surface area contributed by atoms with Crippen molar-refractivity contribution in [3.8, 4) is 0 Å². The van der Waals surface area contributed by atoms with Gasteiger partial charge in [0.05, 0.1) is 26.4 Å². The molecule has 0 saturated carbocycles. The number of hydrogen-bond donors (Lipinski definition) is 3. The van der Waals surface area contributed by atoms with E-state index in [1.807, 2.05) is 0 Å². The monoisotopic (exact) mass is 1450 g/mol. The molecule has 17 nitrogen and oxygen atoms in total. The number of carbonyl (C=O) groups excluding carboxylic acids is 4. The normalized spacial score (nSPS) is 14.3. The molecule has 100 heavy (non-hydrogen) atoms. The number of hydrogen-bond acceptors (Lipinski definition) is 15. The van der Waals surface area contributed by atoms with Crippen LogP contribution in [-0.4, -0.2) is 96.7 Å². The van der Waals surface area contributed by atoms with Crippen LogP contribution in [0.15, 0.2) is 72.9 Å². The van der Waals surface area contributed by atoms with E-state index in [2.05, 4.69) is 101 Å². The van der Waals surface area contributed by atoms with Gasteiger partial charge in [-0.3, -0.25) is 37.3 Å². The number of esters is 4. The minimum absolute atomic E-state index is 0.0782. The minimum Gasteiger partial charge on any atom is -0.462 e. The zero-order valence-corrected chi connectivity index (χ0v) is 65.4. The van der Waals surface area contributed by atoms with Crippen molar-refractivity contribution in [2.45, 2.75) is 380 Å². The molecule has 0 aromatic carbocycles. The summed E-state index contributed by atoms with van der Waals surface area (Å²) in [5, 5.41) is 10.6. The Bertz CT molecular complexity index is 2180. The molecule has 0 amide bonds. The highest BCUT2D eigenvalue weighted by Gasteiger charge is 2.30. The molecule has 0 fully saturated rings. The van der Waals surface area contributed by atoms with Crippen LogP contribution in [-0.2, 0) is 65.4 Å². The summed E-state index contributed by atoms with van der Waals surface area (Å²) in [7, 11) is -9.95. The van der Waals surface area contributed by atoms with Gasteiger partial charge < -0.3 is 33.8 Å². The maximum absolute atomic E-state index is 13.1. The van der Waals surface area contributed by atoms with Crippen LogP contribution in [0, 0.1) is 0 Å². The van der Waals surface area contributed by atoms with Gasteiger partial charge >= 0.3 is 39.5 Å². The topological polar surface area (TPSA) is 237 Å². The summed E-state index contributed by atoms with van der Waals surface area (Å²) in [6.45, 7) is 4.83. The smallest absolute Gasteiger partial charge is 0.462 e. The molecule has 19 heteroatoms. The van der Waals surface area contributed by atoms with Gasteiger partial charge in [-0.15, -0.1) is 0 Å². The van der Waals surface area contributed by atoms with Crippen LogP contribution in [0.4, 0.5) is 0 Å². The highest BCUT2D eigenvalue weighted by molar-refractivity contribution is 7.47. The standard InChI is InChI=1S/C81H146O17P2/c1-5-9-13-17-21-25-29-32-35-36-37-38-41-43-47-50-54-58-62-66-79(84)92-72-77(98-81(86)68-64-60-56-52-48-44-40-34-31-27-23-19-15-11-7-3)74-96-100(89,90)94-70-75(82)69-93-99(87,88)95-73-76(97-80(85)67-63-59-55-51-45-28-24-20-16-12-8-4)71-91-78(83)65-61-57-53-49-46-42-39-33-30-26-22-18-14-10-6-2/h21,23,25,27,32-35,37-40,75-77,82H,5-20,22,24,26,28-31,36,41-74H2,1-4H3,(H,87,88)(H,89,90)/b25-21-,27-23-,35-32-,38-37-,39-33-,40-34-. The number of phosphoric ester groups is 2. The molecule has 5 unspecified atom stereocenters. The molecule has 0 aliphatic heterocycles. The van der Waals surface area contributed by atoms with Crippen LogP contribution in [0.25, 0.3) is 0 Å². The fourth-order valence-corrected chi connectivity index (χ4v) is 12.5. The maximum Gasteiger partial charge on any atom is 0.472 e. The molecule has 0 saturated heterocycles. The fourth-order valence-electron chi connectivity index (χ4n) is 11.0. The van der Waals surface area contributed by atoms with E-state index < -0.39 is 97.5 Å². The Morgan fingerprint density at radius 2 is 0.490 bits per heavy atom. The van der Waals surface area contributed by atoms with Crippen LogP contribution in [0.5, 0.6) is 0 Å². The van der Waals surface area contributed by atoms with E-state index in [0.29, 0.717) is 25.7 Å². The van der Waals surface area contributed by atoms with Gasteiger partial charge in [-0.1, -0.05) is 287 Å². The first-order valence-electron chi connectivity index (χ1n) is 40.2. The molecule has 0 aliphatic carbocycles. The second-order valence-corrected chi connectivity index (χ2v) is 29.9. The van der Waals surface area contributed by atoms with Crippen LogP contribution in [0.1, 0.15) is 362 Å². The lowest BCUT2D eigenvalue weighted by atomic mass is 10.1. The molecule has 0 aromatic rings. The van der Waals surface area contributed by atoms with Crippen LogP contribution >= 0.6 is 15.6 Å². The molecule has 5 atom stereocenters. The Kier molecular flexibility index (Phi) is 71.2. The average molecular weight is 1450 g/mol. The van der Waals surface area contributed by atoms with Gasteiger partial charge in [0.25, 0.3) is 0 Å². The summed E-state index contributed by atoms with van der Waals surface area (Å²) in [4.78, 5) is 72.9. The number of rotatable bonds is 76. The number of phosphoric acid groups is 2. The van der Waals surface area contributed by atoms with E-state index in [9.17, 15) is 43.2 Å². The second-order valence-electron chi connectivity index (χ2n) is 27.0. The summed E-state index contributed by atoms with van der Waals surface area (Å²) in [6, 6.07) is 0. The largest absolute Gasteiger partial charge is 0.472 e.